The highest BCUT2D eigenvalue weighted by Crippen LogP contribution is 2.34. The summed E-state index contributed by atoms with van der Waals surface area (Å²) in [5, 5.41) is 9.33. The van der Waals surface area contributed by atoms with Gasteiger partial charge in [-0.05, 0) is 42.5 Å². The summed E-state index contributed by atoms with van der Waals surface area (Å²) >= 11 is 0. The molecule has 7 rings (SSSR count). The summed E-state index contributed by atoms with van der Waals surface area (Å²) in [7, 11) is 0. The van der Waals surface area contributed by atoms with Crippen LogP contribution in [0.3, 0.4) is 0 Å². The Kier molecular flexibility index (Phi) is 4.55. The second-order valence-corrected chi connectivity index (χ2v) is 8.93. The molecule has 176 valence electrons. The average molecular weight is 478 g/mol. The second kappa shape index (κ2) is 7.92. The fourth-order valence-corrected chi connectivity index (χ4v) is 4.61. The molecule has 1 aliphatic rings. The highest BCUT2D eigenvalue weighted by Gasteiger charge is 2.25. The topological polar surface area (TPSA) is 125 Å². The number of anilines is 1. The summed E-state index contributed by atoms with van der Waals surface area (Å²) in [6.07, 6.45) is 6.99. The molecule has 0 bridgehead atoms. The Labute approximate surface area is 204 Å². The molecule has 0 unspecified atom stereocenters. The van der Waals surface area contributed by atoms with Crippen molar-refractivity contribution in [1.82, 2.24) is 35.1 Å². The van der Waals surface area contributed by atoms with Crippen molar-refractivity contribution in [3.8, 4) is 33.9 Å². The molecule has 0 spiro atoms. The number of benzene rings is 1. The Morgan fingerprint density at radius 2 is 1.78 bits per heavy atom. The van der Waals surface area contributed by atoms with Gasteiger partial charge in [0.2, 0.25) is 0 Å². The molecule has 0 atom stereocenters. The summed E-state index contributed by atoms with van der Waals surface area (Å²) in [5.74, 6) is 0.522. The van der Waals surface area contributed by atoms with E-state index in [1.807, 2.05) is 18.2 Å². The number of nitrogens with zero attached hydrogens (tertiary/aromatic N) is 6. The van der Waals surface area contributed by atoms with Crippen LogP contribution in [0.25, 0.3) is 55.8 Å². The third kappa shape index (κ3) is 3.38. The van der Waals surface area contributed by atoms with Crippen molar-refractivity contribution in [1.29, 1.82) is 0 Å². The fraction of sp³-hybridized carbons (Fsp3) is 0.115. The minimum atomic E-state index is -0.282. The van der Waals surface area contributed by atoms with Crippen LogP contribution in [0.4, 0.5) is 10.2 Å². The van der Waals surface area contributed by atoms with Gasteiger partial charge in [0.05, 0.1) is 29.5 Å². The molecule has 0 radical (unpaired) electrons. The molecule has 5 aromatic heterocycles. The van der Waals surface area contributed by atoms with E-state index in [0.717, 1.165) is 69.1 Å². The molecule has 10 heteroatoms. The van der Waals surface area contributed by atoms with Crippen LogP contribution in [-0.2, 0) is 0 Å². The van der Waals surface area contributed by atoms with Gasteiger partial charge in [-0.25, -0.2) is 14.4 Å². The van der Waals surface area contributed by atoms with Crippen LogP contribution in [0.1, 0.15) is 0 Å². The van der Waals surface area contributed by atoms with Crippen molar-refractivity contribution in [3.05, 3.63) is 73.1 Å². The largest absolute Gasteiger partial charge is 0.353 e. The lowest BCUT2D eigenvalue weighted by molar-refractivity contribution is 0.514. The van der Waals surface area contributed by atoms with E-state index in [0.29, 0.717) is 5.65 Å². The van der Waals surface area contributed by atoms with Crippen molar-refractivity contribution in [2.24, 2.45) is 5.73 Å². The minimum Gasteiger partial charge on any atom is -0.353 e. The SMILES string of the molecule is NC1CN(c2cncc(-c3cnc4[nH]nc(-c5cc6c(-c7ccc(F)cc7)nccc6[nH]5)c4c3)n2)C1. The molecule has 0 amide bonds. The smallest absolute Gasteiger partial charge is 0.155 e. The average Bonchev–Trinajstić information content (AvgIpc) is 3.51. The monoisotopic (exact) mass is 477 g/mol. The van der Waals surface area contributed by atoms with Crippen LogP contribution < -0.4 is 10.6 Å². The Morgan fingerprint density at radius 3 is 2.61 bits per heavy atom. The third-order valence-corrected chi connectivity index (χ3v) is 6.49. The summed E-state index contributed by atoms with van der Waals surface area (Å²) in [4.78, 5) is 23.8. The molecule has 36 heavy (non-hydrogen) atoms. The minimum absolute atomic E-state index is 0.178. The van der Waals surface area contributed by atoms with E-state index in [1.165, 1.54) is 12.1 Å². The molecular weight excluding hydrogens is 457 g/mol. The number of pyridine rings is 2. The van der Waals surface area contributed by atoms with Gasteiger partial charge in [0.15, 0.2) is 5.65 Å². The van der Waals surface area contributed by atoms with Gasteiger partial charge in [-0.3, -0.25) is 15.1 Å². The van der Waals surface area contributed by atoms with E-state index >= 15 is 0 Å². The lowest BCUT2D eigenvalue weighted by Crippen LogP contribution is -2.56. The number of nitrogens with one attached hydrogen (secondary N) is 2. The molecular formula is C26H20FN9. The first-order valence-corrected chi connectivity index (χ1v) is 11.5. The molecule has 1 fully saturated rings. The van der Waals surface area contributed by atoms with Gasteiger partial charge in [-0.15, -0.1) is 0 Å². The van der Waals surface area contributed by atoms with E-state index < -0.39 is 0 Å². The molecule has 1 aliphatic heterocycles. The number of hydrogen-bond donors (Lipinski definition) is 3. The van der Waals surface area contributed by atoms with E-state index in [9.17, 15) is 4.39 Å². The summed E-state index contributed by atoms with van der Waals surface area (Å²) in [6.45, 7) is 1.55. The number of hydrogen-bond acceptors (Lipinski definition) is 7. The van der Waals surface area contributed by atoms with E-state index in [1.54, 1.807) is 36.9 Å². The number of aromatic amines is 2. The molecule has 1 aromatic carbocycles. The van der Waals surface area contributed by atoms with Crippen LogP contribution in [0.15, 0.2) is 67.3 Å². The maximum absolute atomic E-state index is 13.4. The van der Waals surface area contributed by atoms with Crippen molar-refractivity contribution < 1.29 is 4.39 Å². The predicted octanol–water partition coefficient (Wildman–Crippen LogP) is 3.91. The summed E-state index contributed by atoms with van der Waals surface area (Å²) in [5.41, 5.74) is 12.2. The molecule has 1 saturated heterocycles. The number of aromatic nitrogens is 7. The zero-order chi connectivity index (χ0) is 24.2. The number of rotatable bonds is 4. The van der Waals surface area contributed by atoms with Crippen LogP contribution in [0.5, 0.6) is 0 Å². The number of halogens is 1. The van der Waals surface area contributed by atoms with Gasteiger partial charge in [-0.1, -0.05) is 0 Å². The predicted molar refractivity (Wildman–Crippen MR) is 136 cm³/mol. The van der Waals surface area contributed by atoms with Crippen LogP contribution in [-0.4, -0.2) is 54.2 Å². The number of H-pyrrole nitrogens is 2. The van der Waals surface area contributed by atoms with Crippen molar-refractivity contribution >= 4 is 27.8 Å². The lowest BCUT2D eigenvalue weighted by atomic mass is 10.1. The summed E-state index contributed by atoms with van der Waals surface area (Å²) in [6, 6.07) is 12.4. The maximum Gasteiger partial charge on any atom is 0.155 e. The van der Waals surface area contributed by atoms with Crippen molar-refractivity contribution in [2.75, 3.05) is 18.0 Å². The summed E-state index contributed by atoms with van der Waals surface area (Å²) < 4.78 is 13.4. The van der Waals surface area contributed by atoms with Gasteiger partial charge >= 0.3 is 0 Å². The van der Waals surface area contributed by atoms with Crippen LogP contribution >= 0.6 is 0 Å². The number of fused-ring (bicyclic) bond motifs is 2. The van der Waals surface area contributed by atoms with Crippen molar-refractivity contribution in [2.45, 2.75) is 6.04 Å². The molecule has 9 nitrogen and oxygen atoms in total. The van der Waals surface area contributed by atoms with E-state index in [4.69, 9.17) is 10.7 Å². The number of nitrogens with two attached hydrogens (primary N) is 1. The lowest BCUT2D eigenvalue weighted by Gasteiger charge is -2.37. The van der Waals surface area contributed by atoms with Crippen LogP contribution in [0.2, 0.25) is 0 Å². The zero-order valence-corrected chi connectivity index (χ0v) is 19.0. The van der Waals surface area contributed by atoms with Gasteiger partial charge in [0.25, 0.3) is 0 Å². The highest BCUT2D eigenvalue weighted by atomic mass is 19.1. The zero-order valence-electron chi connectivity index (χ0n) is 19.0. The Balaban J connectivity index is 1.30. The van der Waals surface area contributed by atoms with Crippen molar-refractivity contribution in [3.63, 3.8) is 0 Å². The van der Waals surface area contributed by atoms with E-state index in [-0.39, 0.29) is 11.9 Å². The quantitative estimate of drug-likeness (QED) is 0.351. The third-order valence-electron chi connectivity index (χ3n) is 6.49. The van der Waals surface area contributed by atoms with Gasteiger partial charge in [0.1, 0.15) is 17.3 Å². The second-order valence-electron chi connectivity index (χ2n) is 8.93. The van der Waals surface area contributed by atoms with Crippen LogP contribution in [0, 0.1) is 5.82 Å². The molecule has 0 aliphatic carbocycles. The Bertz CT molecular complexity index is 1730. The highest BCUT2D eigenvalue weighted by molar-refractivity contribution is 5.99. The standard InChI is InChI=1S/C26H20FN9/c27-16-3-1-14(2-4-16)24-18-8-21(32-20(18)5-6-30-24)25-19-7-15(9-31-26(19)35-34-25)22-10-29-11-23(33-22)36-12-17(28)13-36/h1-11,17,32H,12-13,28H2,(H,31,34,35). The molecule has 6 aromatic rings. The molecule has 6 heterocycles. The molecule has 0 saturated carbocycles. The Hall–Kier alpha value is -4.70. The first kappa shape index (κ1) is 20.7. The maximum atomic E-state index is 13.4. The normalized spacial score (nSPS) is 14.0. The first-order valence-electron chi connectivity index (χ1n) is 11.5. The van der Waals surface area contributed by atoms with Gasteiger partial charge in [-0.2, -0.15) is 5.10 Å². The Morgan fingerprint density at radius 1 is 0.917 bits per heavy atom. The fourth-order valence-electron chi connectivity index (χ4n) is 4.61. The first-order chi connectivity index (χ1) is 17.6. The van der Waals surface area contributed by atoms with Gasteiger partial charge < -0.3 is 15.6 Å². The van der Waals surface area contributed by atoms with E-state index in [2.05, 4.69) is 35.0 Å². The molecule has 4 N–H and O–H groups in total. The van der Waals surface area contributed by atoms with Gasteiger partial charge in [0, 0.05) is 58.9 Å².